The van der Waals surface area contributed by atoms with Crippen LogP contribution in [0.25, 0.3) is 0 Å². The second-order valence-electron chi connectivity index (χ2n) is 6.90. The smallest absolute Gasteiger partial charge is 0.262 e. The molecule has 0 unspecified atom stereocenters. The van der Waals surface area contributed by atoms with Crippen LogP contribution in [0.5, 0.6) is 11.5 Å². The molecule has 0 saturated carbocycles. The van der Waals surface area contributed by atoms with Gasteiger partial charge in [0.25, 0.3) is 5.91 Å². The Bertz CT molecular complexity index is 976. The van der Waals surface area contributed by atoms with Crippen molar-refractivity contribution in [3.63, 3.8) is 0 Å². The number of methoxy groups -OCH3 is 1. The second-order valence-corrected chi connectivity index (χ2v) is 7.31. The molecule has 0 saturated heterocycles. The minimum atomic E-state index is -0.273. The lowest BCUT2D eigenvalue weighted by Gasteiger charge is -2.15. The largest absolute Gasteiger partial charge is 0.493 e. The van der Waals surface area contributed by atoms with Gasteiger partial charge < -0.3 is 20.1 Å². The van der Waals surface area contributed by atoms with Crippen LogP contribution in [0.1, 0.15) is 16.7 Å². The summed E-state index contributed by atoms with van der Waals surface area (Å²) in [6.45, 7) is 3.19. The van der Waals surface area contributed by atoms with E-state index < -0.39 is 0 Å². The number of benzene rings is 3. The summed E-state index contributed by atoms with van der Waals surface area (Å²) in [5.41, 5.74) is 4.01. The van der Waals surface area contributed by atoms with Crippen molar-refractivity contribution in [2.75, 3.05) is 19.0 Å². The van der Waals surface area contributed by atoms with E-state index in [-0.39, 0.29) is 12.5 Å². The van der Waals surface area contributed by atoms with E-state index in [1.165, 1.54) is 5.56 Å². The van der Waals surface area contributed by atoms with Gasteiger partial charge in [-0.25, -0.2) is 0 Å². The number of hydrogen-bond donors (Lipinski definition) is 2. The molecule has 1 amide bonds. The molecule has 3 aromatic rings. The van der Waals surface area contributed by atoms with Gasteiger partial charge in [0, 0.05) is 18.8 Å². The molecule has 30 heavy (non-hydrogen) atoms. The molecule has 0 fully saturated rings. The summed E-state index contributed by atoms with van der Waals surface area (Å²) in [5.74, 6) is 0.567. The Kier molecular flexibility index (Phi) is 7.71. The first-order chi connectivity index (χ1) is 14.5. The standard InChI is InChI=1S/C24H25ClN2O3/c1-17-8-10-20(11-9-17)27-23(28)16-30-24-21(25)12-19(13-22(24)29-2)15-26-14-18-6-4-3-5-7-18/h3-13,26H,14-16H2,1-2H3,(H,27,28). The zero-order chi connectivity index (χ0) is 21.3. The van der Waals surface area contributed by atoms with E-state index in [1.807, 2.05) is 61.5 Å². The van der Waals surface area contributed by atoms with Gasteiger partial charge in [0.05, 0.1) is 12.1 Å². The van der Waals surface area contributed by atoms with E-state index in [9.17, 15) is 4.79 Å². The Morgan fingerprint density at radius 3 is 2.37 bits per heavy atom. The number of nitrogens with one attached hydrogen (secondary N) is 2. The van der Waals surface area contributed by atoms with E-state index in [4.69, 9.17) is 21.1 Å². The molecule has 0 aliphatic heterocycles. The fraction of sp³-hybridized carbons (Fsp3) is 0.208. The number of carbonyl (C=O) groups is 1. The number of amides is 1. The number of rotatable bonds is 9. The zero-order valence-electron chi connectivity index (χ0n) is 17.1. The van der Waals surface area contributed by atoms with Crippen LogP contribution in [0.2, 0.25) is 5.02 Å². The van der Waals surface area contributed by atoms with Gasteiger partial charge in [-0.3, -0.25) is 4.79 Å². The van der Waals surface area contributed by atoms with Gasteiger partial charge in [0.2, 0.25) is 0 Å². The van der Waals surface area contributed by atoms with E-state index >= 15 is 0 Å². The van der Waals surface area contributed by atoms with Crippen LogP contribution in [0.15, 0.2) is 66.7 Å². The molecular weight excluding hydrogens is 400 g/mol. The number of ether oxygens (including phenoxy) is 2. The van der Waals surface area contributed by atoms with E-state index in [0.717, 1.165) is 17.7 Å². The van der Waals surface area contributed by atoms with Crippen molar-refractivity contribution >= 4 is 23.2 Å². The molecule has 3 rings (SSSR count). The Morgan fingerprint density at radius 1 is 0.967 bits per heavy atom. The molecule has 0 aliphatic carbocycles. The highest BCUT2D eigenvalue weighted by atomic mass is 35.5. The maximum atomic E-state index is 12.2. The first kappa shape index (κ1) is 21.7. The highest BCUT2D eigenvalue weighted by Gasteiger charge is 2.14. The van der Waals surface area contributed by atoms with Crippen molar-refractivity contribution < 1.29 is 14.3 Å². The Morgan fingerprint density at radius 2 is 1.67 bits per heavy atom. The van der Waals surface area contributed by atoms with E-state index in [2.05, 4.69) is 22.8 Å². The minimum Gasteiger partial charge on any atom is -0.493 e. The maximum Gasteiger partial charge on any atom is 0.262 e. The van der Waals surface area contributed by atoms with Crippen LogP contribution in [0.3, 0.4) is 0 Å². The topological polar surface area (TPSA) is 59.6 Å². The predicted octanol–water partition coefficient (Wildman–Crippen LogP) is 4.96. The fourth-order valence-electron chi connectivity index (χ4n) is 2.93. The summed E-state index contributed by atoms with van der Waals surface area (Å²) < 4.78 is 11.1. The minimum absolute atomic E-state index is 0.171. The number of carbonyl (C=O) groups excluding carboxylic acids is 1. The number of aryl methyl sites for hydroxylation is 1. The monoisotopic (exact) mass is 424 g/mol. The number of hydrogen-bond acceptors (Lipinski definition) is 4. The van der Waals surface area contributed by atoms with Crippen molar-refractivity contribution in [2.24, 2.45) is 0 Å². The predicted molar refractivity (Wildman–Crippen MR) is 120 cm³/mol. The van der Waals surface area contributed by atoms with E-state index in [0.29, 0.717) is 28.8 Å². The van der Waals surface area contributed by atoms with Gasteiger partial charge >= 0.3 is 0 Å². The van der Waals surface area contributed by atoms with Crippen molar-refractivity contribution in [2.45, 2.75) is 20.0 Å². The lowest BCUT2D eigenvalue weighted by Crippen LogP contribution is -2.20. The lowest BCUT2D eigenvalue weighted by atomic mass is 10.2. The highest BCUT2D eigenvalue weighted by molar-refractivity contribution is 6.32. The van der Waals surface area contributed by atoms with Crippen LogP contribution in [-0.4, -0.2) is 19.6 Å². The summed E-state index contributed by atoms with van der Waals surface area (Å²) in [5, 5.41) is 6.57. The van der Waals surface area contributed by atoms with Crippen LogP contribution in [0.4, 0.5) is 5.69 Å². The molecule has 2 N–H and O–H groups in total. The molecular formula is C24H25ClN2O3. The molecule has 3 aromatic carbocycles. The Hall–Kier alpha value is -3.02. The van der Waals surface area contributed by atoms with Gasteiger partial charge in [0.15, 0.2) is 18.1 Å². The molecule has 0 aliphatic rings. The number of halogens is 1. The Labute approximate surface area is 182 Å². The van der Waals surface area contributed by atoms with Crippen LogP contribution >= 0.6 is 11.6 Å². The summed E-state index contributed by atoms with van der Waals surface area (Å²) >= 11 is 6.41. The van der Waals surface area contributed by atoms with Crippen LogP contribution in [0, 0.1) is 6.92 Å². The van der Waals surface area contributed by atoms with Gasteiger partial charge in [0.1, 0.15) is 0 Å². The van der Waals surface area contributed by atoms with E-state index in [1.54, 1.807) is 7.11 Å². The van der Waals surface area contributed by atoms with Gasteiger partial charge in [-0.05, 0) is 42.3 Å². The first-order valence-electron chi connectivity index (χ1n) is 9.65. The van der Waals surface area contributed by atoms with Gasteiger partial charge in [-0.1, -0.05) is 59.6 Å². The summed E-state index contributed by atoms with van der Waals surface area (Å²) in [4.78, 5) is 12.2. The third kappa shape index (κ3) is 6.24. The first-order valence-corrected chi connectivity index (χ1v) is 10.0. The highest BCUT2D eigenvalue weighted by Crippen LogP contribution is 2.36. The van der Waals surface area contributed by atoms with Gasteiger partial charge in [-0.15, -0.1) is 0 Å². The average molecular weight is 425 g/mol. The third-order valence-corrected chi connectivity index (χ3v) is 4.75. The van der Waals surface area contributed by atoms with Crippen molar-refractivity contribution in [1.29, 1.82) is 0 Å². The normalized spacial score (nSPS) is 10.5. The lowest BCUT2D eigenvalue weighted by molar-refractivity contribution is -0.118. The molecule has 0 bridgehead atoms. The van der Waals surface area contributed by atoms with Crippen LogP contribution in [-0.2, 0) is 17.9 Å². The maximum absolute atomic E-state index is 12.2. The molecule has 5 nitrogen and oxygen atoms in total. The number of anilines is 1. The Balaban J connectivity index is 1.57. The fourth-order valence-corrected chi connectivity index (χ4v) is 3.22. The summed E-state index contributed by atoms with van der Waals surface area (Å²) in [7, 11) is 1.55. The zero-order valence-corrected chi connectivity index (χ0v) is 17.8. The average Bonchev–Trinajstić information content (AvgIpc) is 2.75. The molecule has 0 heterocycles. The molecule has 156 valence electrons. The molecule has 0 spiro atoms. The quantitative estimate of drug-likeness (QED) is 0.509. The molecule has 0 aromatic heterocycles. The third-order valence-electron chi connectivity index (χ3n) is 4.47. The molecule has 0 atom stereocenters. The molecule has 6 heteroatoms. The summed E-state index contributed by atoms with van der Waals surface area (Å²) in [6.07, 6.45) is 0. The molecule has 0 radical (unpaired) electrons. The van der Waals surface area contributed by atoms with Crippen molar-refractivity contribution in [1.82, 2.24) is 5.32 Å². The second kappa shape index (κ2) is 10.7. The van der Waals surface area contributed by atoms with Crippen LogP contribution < -0.4 is 20.1 Å². The van der Waals surface area contributed by atoms with Crippen molar-refractivity contribution in [3.8, 4) is 11.5 Å². The van der Waals surface area contributed by atoms with Gasteiger partial charge in [-0.2, -0.15) is 0 Å². The SMILES string of the molecule is COc1cc(CNCc2ccccc2)cc(Cl)c1OCC(=O)Nc1ccc(C)cc1. The van der Waals surface area contributed by atoms with Crippen molar-refractivity contribution in [3.05, 3.63) is 88.4 Å². The summed E-state index contributed by atoms with van der Waals surface area (Å²) in [6, 6.07) is 21.4.